The fourth-order valence-electron chi connectivity index (χ4n) is 3.02. The third-order valence-electron chi connectivity index (χ3n) is 3.68. The van der Waals surface area contributed by atoms with Gasteiger partial charge in [-0.3, -0.25) is 0 Å². The molecular formula is C16H27N5S. The second-order valence-corrected chi connectivity index (χ2v) is 7.20. The van der Waals surface area contributed by atoms with E-state index in [1.54, 1.807) is 0 Å². The molecule has 0 spiro atoms. The van der Waals surface area contributed by atoms with Gasteiger partial charge in [-0.15, -0.1) is 0 Å². The van der Waals surface area contributed by atoms with Crippen molar-refractivity contribution in [1.29, 1.82) is 0 Å². The van der Waals surface area contributed by atoms with Crippen molar-refractivity contribution in [2.75, 3.05) is 23.3 Å². The highest BCUT2D eigenvalue weighted by Crippen LogP contribution is 2.25. The van der Waals surface area contributed by atoms with Crippen LogP contribution in [0.25, 0.3) is 0 Å². The van der Waals surface area contributed by atoms with E-state index in [4.69, 9.17) is 12.2 Å². The Bertz CT molecular complexity index is 521. The van der Waals surface area contributed by atoms with Crippen LogP contribution < -0.4 is 15.5 Å². The van der Waals surface area contributed by atoms with Crippen LogP contribution in [0.5, 0.6) is 0 Å². The van der Waals surface area contributed by atoms with E-state index in [1.165, 1.54) is 6.42 Å². The van der Waals surface area contributed by atoms with Crippen LogP contribution in [0.4, 0.5) is 11.8 Å². The maximum Gasteiger partial charge on any atom is 0.231 e. The highest BCUT2D eigenvalue weighted by atomic mass is 32.1. The summed E-state index contributed by atoms with van der Waals surface area (Å²) in [5.41, 5.74) is 0.950. The molecule has 0 amide bonds. The van der Waals surface area contributed by atoms with Gasteiger partial charge < -0.3 is 15.5 Å². The molecule has 22 heavy (non-hydrogen) atoms. The highest BCUT2D eigenvalue weighted by molar-refractivity contribution is 7.80. The van der Waals surface area contributed by atoms with Crippen LogP contribution in [0.15, 0.2) is 6.07 Å². The molecule has 0 aliphatic carbocycles. The number of hydrogen-bond acceptors (Lipinski definition) is 4. The smallest absolute Gasteiger partial charge is 0.231 e. The molecule has 6 heteroatoms. The molecule has 1 saturated heterocycles. The maximum absolute atomic E-state index is 5.28. The molecule has 1 aromatic heterocycles. The topological polar surface area (TPSA) is 53.1 Å². The average Bonchev–Trinajstić information content (AvgIpc) is 2.35. The lowest BCUT2D eigenvalue weighted by molar-refractivity contribution is 0.355. The Labute approximate surface area is 138 Å². The van der Waals surface area contributed by atoms with Crippen molar-refractivity contribution in [1.82, 2.24) is 15.3 Å². The first-order chi connectivity index (χ1) is 10.3. The summed E-state index contributed by atoms with van der Waals surface area (Å²) in [7, 11) is 0. The standard InChI is InChI=1S/C16H27N5S/c1-10(2)17-16(22)20-15-18-13(5)7-14(19-15)21-8-11(3)6-12(4)9-21/h7,10-12H,6,8-9H2,1-5H3,(H2,17,18,19,20,22)/t11-,12-/m1/s1. The summed E-state index contributed by atoms with van der Waals surface area (Å²) in [5.74, 6) is 2.94. The zero-order chi connectivity index (χ0) is 16.3. The van der Waals surface area contributed by atoms with E-state index in [0.717, 1.165) is 24.6 Å². The molecule has 5 nitrogen and oxygen atoms in total. The summed E-state index contributed by atoms with van der Waals surface area (Å²) in [5, 5.41) is 6.80. The van der Waals surface area contributed by atoms with Gasteiger partial charge in [0.2, 0.25) is 5.95 Å². The van der Waals surface area contributed by atoms with Crippen molar-refractivity contribution in [3.8, 4) is 0 Å². The minimum atomic E-state index is 0.285. The first kappa shape index (κ1) is 16.9. The van der Waals surface area contributed by atoms with Crippen LogP contribution in [0, 0.1) is 18.8 Å². The number of nitrogens with one attached hydrogen (secondary N) is 2. The van der Waals surface area contributed by atoms with Gasteiger partial charge in [-0.2, -0.15) is 4.98 Å². The molecule has 0 radical (unpaired) electrons. The van der Waals surface area contributed by atoms with Crippen molar-refractivity contribution in [2.24, 2.45) is 11.8 Å². The van der Waals surface area contributed by atoms with Gasteiger partial charge >= 0.3 is 0 Å². The van der Waals surface area contributed by atoms with Crippen molar-refractivity contribution < 1.29 is 0 Å². The Morgan fingerprint density at radius 2 is 1.91 bits per heavy atom. The van der Waals surface area contributed by atoms with Crippen LogP contribution in [0.3, 0.4) is 0 Å². The Kier molecular flexibility index (Phi) is 5.56. The van der Waals surface area contributed by atoms with Gasteiger partial charge in [-0.05, 0) is 51.2 Å². The van der Waals surface area contributed by atoms with Gasteiger partial charge in [-0.25, -0.2) is 4.98 Å². The molecule has 122 valence electrons. The van der Waals surface area contributed by atoms with Crippen LogP contribution in [-0.2, 0) is 0 Å². The lowest BCUT2D eigenvalue weighted by Gasteiger charge is -2.36. The molecule has 1 aliphatic heterocycles. The third kappa shape index (κ3) is 4.80. The molecule has 2 N–H and O–H groups in total. The molecular weight excluding hydrogens is 294 g/mol. The maximum atomic E-state index is 5.28. The predicted octanol–water partition coefficient (Wildman–Crippen LogP) is 2.96. The molecule has 0 unspecified atom stereocenters. The Morgan fingerprint density at radius 1 is 1.27 bits per heavy atom. The molecule has 0 bridgehead atoms. The van der Waals surface area contributed by atoms with Gasteiger partial charge in [0, 0.05) is 30.9 Å². The SMILES string of the molecule is Cc1cc(N2C[C@H](C)C[C@@H](C)C2)nc(NC(=S)NC(C)C)n1. The van der Waals surface area contributed by atoms with Crippen LogP contribution >= 0.6 is 12.2 Å². The van der Waals surface area contributed by atoms with Crippen LogP contribution in [0.1, 0.15) is 39.8 Å². The Morgan fingerprint density at radius 3 is 2.50 bits per heavy atom. The fourth-order valence-corrected chi connectivity index (χ4v) is 3.35. The van der Waals surface area contributed by atoms with Crippen LogP contribution in [0.2, 0.25) is 0 Å². The van der Waals surface area contributed by atoms with E-state index in [1.807, 2.05) is 20.8 Å². The zero-order valence-corrected chi connectivity index (χ0v) is 15.0. The molecule has 1 fully saturated rings. The molecule has 2 heterocycles. The highest BCUT2D eigenvalue weighted by Gasteiger charge is 2.23. The minimum Gasteiger partial charge on any atom is -0.360 e. The van der Waals surface area contributed by atoms with E-state index in [2.05, 4.69) is 45.4 Å². The van der Waals surface area contributed by atoms with Crippen molar-refractivity contribution in [3.63, 3.8) is 0 Å². The zero-order valence-electron chi connectivity index (χ0n) is 14.2. The fraction of sp³-hybridized carbons (Fsp3) is 0.688. The molecule has 1 aliphatic rings. The van der Waals surface area contributed by atoms with E-state index < -0.39 is 0 Å². The van der Waals surface area contributed by atoms with E-state index in [0.29, 0.717) is 22.9 Å². The second kappa shape index (κ2) is 7.22. The first-order valence-electron chi connectivity index (χ1n) is 8.01. The van der Waals surface area contributed by atoms with Gasteiger partial charge in [-0.1, -0.05) is 13.8 Å². The quantitative estimate of drug-likeness (QED) is 0.835. The lowest BCUT2D eigenvalue weighted by atomic mass is 9.92. The van der Waals surface area contributed by atoms with Gasteiger partial charge in [0.1, 0.15) is 5.82 Å². The number of piperidine rings is 1. The summed E-state index contributed by atoms with van der Waals surface area (Å²) < 4.78 is 0. The molecule has 0 aromatic carbocycles. The Hall–Kier alpha value is -1.43. The second-order valence-electron chi connectivity index (χ2n) is 6.80. The summed E-state index contributed by atoms with van der Waals surface area (Å²) >= 11 is 5.28. The van der Waals surface area contributed by atoms with Gasteiger partial charge in [0.15, 0.2) is 5.11 Å². The van der Waals surface area contributed by atoms with Crippen molar-refractivity contribution in [3.05, 3.63) is 11.8 Å². The number of anilines is 2. The van der Waals surface area contributed by atoms with Gasteiger partial charge in [0.25, 0.3) is 0 Å². The minimum absolute atomic E-state index is 0.285. The molecule has 1 aromatic rings. The molecule has 0 saturated carbocycles. The number of hydrogen-bond donors (Lipinski definition) is 2. The largest absolute Gasteiger partial charge is 0.360 e. The molecule has 2 rings (SSSR count). The predicted molar refractivity (Wildman–Crippen MR) is 96.4 cm³/mol. The summed E-state index contributed by atoms with van der Waals surface area (Å²) in [6, 6.07) is 2.34. The van der Waals surface area contributed by atoms with E-state index in [9.17, 15) is 0 Å². The van der Waals surface area contributed by atoms with E-state index >= 15 is 0 Å². The number of thiocarbonyl (C=S) groups is 1. The Balaban J connectivity index is 2.14. The third-order valence-corrected chi connectivity index (χ3v) is 3.90. The number of aryl methyl sites for hydroxylation is 1. The van der Waals surface area contributed by atoms with Crippen molar-refractivity contribution in [2.45, 2.75) is 47.1 Å². The monoisotopic (exact) mass is 321 g/mol. The van der Waals surface area contributed by atoms with Crippen molar-refractivity contribution >= 4 is 29.1 Å². The summed E-state index contributed by atoms with van der Waals surface area (Å²) in [6.45, 7) is 12.8. The molecule has 2 atom stereocenters. The summed E-state index contributed by atoms with van der Waals surface area (Å²) in [4.78, 5) is 11.4. The average molecular weight is 321 g/mol. The summed E-state index contributed by atoms with van der Waals surface area (Å²) in [6.07, 6.45) is 1.29. The van der Waals surface area contributed by atoms with Gasteiger partial charge in [0.05, 0.1) is 0 Å². The number of rotatable bonds is 3. The van der Waals surface area contributed by atoms with E-state index in [-0.39, 0.29) is 6.04 Å². The first-order valence-corrected chi connectivity index (χ1v) is 8.42. The lowest BCUT2D eigenvalue weighted by Crippen LogP contribution is -2.39. The normalized spacial score (nSPS) is 21.8. The van der Waals surface area contributed by atoms with Crippen LogP contribution in [-0.4, -0.2) is 34.2 Å². The number of nitrogens with zero attached hydrogens (tertiary/aromatic N) is 3. The number of aromatic nitrogens is 2.